The smallest absolute Gasteiger partial charge is 0.354 e. The minimum absolute atomic E-state index is 0.0516. The second kappa shape index (κ2) is 9.35. The molecule has 2 saturated heterocycles. The van der Waals surface area contributed by atoms with Gasteiger partial charge in [0.05, 0.1) is 24.4 Å². The third kappa shape index (κ3) is 4.68. The number of rotatable bonds is 4. The van der Waals surface area contributed by atoms with E-state index in [0.29, 0.717) is 38.5 Å². The molecule has 2 fully saturated rings. The van der Waals surface area contributed by atoms with Crippen LogP contribution < -0.4 is 27.4 Å². The Hall–Kier alpha value is -2.79. The number of amides is 2. The predicted octanol–water partition coefficient (Wildman–Crippen LogP) is -0.342. The highest BCUT2D eigenvalue weighted by Crippen LogP contribution is 2.19. The van der Waals surface area contributed by atoms with Crippen LogP contribution in [0.3, 0.4) is 0 Å². The van der Waals surface area contributed by atoms with Crippen LogP contribution in [0, 0.1) is 0 Å². The van der Waals surface area contributed by atoms with Gasteiger partial charge in [0, 0.05) is 45.5 Å². The van der Waals surface area contributed by atoms with Gasteiger partial charge in [-0.05, 0) is 23.8 Å². The lowest BCUT2D eigenvalue weighted by Gasteiger charge is -2.30. The SMILES string of the molecule is NC[C@H]1CNC(c2ccc(-n3ccc(NC(=O)N4CCNCC4)nc3=O)cc2)CO1. The van der Waals surface area contributed by atoms with Crippen molar-refractivity contribution in [2.45, 2.75) is 12.1 Å². The molecule has 1 aromatic carbocycles. The Labute approximate surface area is 174 Å². The second-order valence-electron chi connectivity index (χ2n) is 7.38. The fraction of sp³-hybridized carbons (Fsp3) is 0.450. The van der Waals surface area contributed by atoms with Gasteiger partial charge in [-0.1, -0.05) is 12.1 Å². The van der Waals surface area contributed by atoms with Crippen molar-refractivity contribution in [3.63, 3.8) is 0 Å². The maximum atomic E-state index is 12.5. The average Bonchev–Trinajstić information content (AvgIpc) is 2.80. The molecule has 30 heavy (non-hydrogen) atoms. The number of hydrogen-bond acceptors (Lipinski definition) is 7. The Morgan fingerprint density at radius 3 is 2.63 bits per heavy atom. The maximum Gasteiger partial charge on any atom is 0.354 e. The van der Waals surface area contributed by atoms with E-state index >= 15 is 0 Å². The van der Waals surface area contributed by atoms with Crippen LogP contribution in [0.15, 0.2) is 41.3 Å². The van der Waals surface area contributed by atoms with Crippen LogP contribution in [0.1, 0.15) is 11.6 Å². The Bertz CT molecular complexity index is 917. The summed E-state index contributed by atoms with van der Waals surface area (Å²) in [5, 5.41) is 9.31. The lowest BCUT2D eigenvalue weighted by atomic mass is 10.1. The first-order chi connectivity index (χ1) is 14.6. The van der Waals surface area contributed by atoms with Crippen molar-refractivity contribution in [3.05, 3.63) is 52.6 Å². The highest BCUT2D eigenvalue weighted by atomic mass is 16.5. The van der Waals surface area contributed by atoms with Gasteiger partial charge in [-0.3, -0.25) is 9.88 Å². The Morgan fingerprint density at radius 2 is 2.00 bits per heavy atom. The summed E-state index contributed by atoms with van der Waals surface area (Å²) in [6, 6.07) is 9.14. The van der Waals surface area contributed by atoms with Crippen LogP contribution in [-0.2, 0) is 4.74 Å². The first kappa shape index (κ1) is 20.5. The largest absolute Gasteiger partial charge is 0.374 e. The van der Waals surface area contributed by atoms with Gasteiger partial charge in [0.1, 0.15) is 5.82 Å². The Morgan fingerprint density at radius 1 is 1.23 bits per heavy atom. The molecule has 0 bridgehead atoms. The zero-order valence-electron chi connectivity index (χ0n) is 16.7. The van der Waals surface area contributed by atoms with Crippen molar-refractivity contribution < 1.29 is 9.53 Å². The summed E-state index contributed by atoms with van der Waals surface area (Å²) in [6.45, 7) is 4.55. The summed E-state index contributed by atoms with van der Waals surface area (Å²) in [4.78, 5) is 30.5. The van der Waals surface area contributed by atoms with Gasteiger partial charge in [-0.25, -0.2) is 9.59 Å². The summed E-state index contributed by atoms with van der Waals surface area (Å²) < 4.78 is 7.17. The van der Waals surface area contributed by atoms with E-state index in [1.165, 1.54) is 4.57 Å². The molecule has 2 atom stereocenters. The minimum Gasteiger partial charge on any atom is -0.374 e. The number of piperazine rings is 1. The van der Waals surface area contributed by atoms with E-state index in [-0.39, 0.29) is 24.0 Å². The molecule has 0 radical (unpaired) electrons. The van der Waals surface area contributed by atoms with Gasteiger partial charge in [-0.15, -0.1) is 0 Å². The zero-order valence-corrected chi connectivity index (χ0v) is 16.7. The van der Waals surface area contributed by atoms with Crippen molar-refractivity contribution in [2.24, 2.45) is 5.73 Å². The number of anilines is 1. The third-order valence-electron chi connectivity index (χ3n) is 5.37. The molecular weight excluding hydrogens is 386 g/mol. The van der Waals surface area contributed by atoms with Gasteiger partial charge in [0.25, 0.3) is 0 Å². The number of benzene rings is 1. The van der Waals surface area contributed by atoms with E-state index in [1.54, 1.807) is 17.2 Å². The predicted molar refractivity (Wildman–Crippen MR) is 113 cm³/mol. The summed E-state index contributed by atoms with van der Waals surface area (Å²) in [7, 11) is 0. The van der Waals surface area contributed by atoms with Gasteiger partial charge in [0.15, 0.2) is 0 Å². The molecule has 10 heteroatoms. The van der Waals surface area contributed by atoms with Crippen molar-refractivity contribution in [2.75, 3.05) is 51.2 Å². The highest BCUT2D eigenvalue weighted by molar-refractivity contribution is 5.88. The first-order valence-corrected chi connectivity index (χ1v) is 10.2. The highest BCUT2D eigenvalue weighted by Gasteiger charge is 2.21. The molecule has 2 aliphatic rings. The number of nitrogens with zero attached hydrogens (tertiary/aromatic N) is 3. The molecular formula is C20H27N7O3. The van der Waals surface area contributed by atoms with Crippen LogP contribution in [0.5, 0.6) is 0 Å². The van der Waals surface area contributed by atoms with Crippen LogP contribution in [0.25, 0.3) is 5.69 Å². The van der Waals surface area contributed by atoms with Crippen molar-refractivity contribution in [3.8, 4) is 5.69 Å². The number of carbonyl (C=O) groups excluding carboxylic acids is 1. The number of morpholine rings is 1. The summed E-state index contributed by atoms with van der Waals surface area (Å²) in [5.74, 6) is 0.245. The molecule has 0 spiro atoms. The van der Waals surface area contributed by atoms with Crippen LogP contribution in [-0.4, -0.2) is 72.5 Å². The standard InChI is InChI=1S/C20H27N7O3/c21-11-16-12-23-17(13-30-16)14-1-3-15(4-2-14)27-8-5-18(25-20(27)29)24-19(28)26-9-6-22-7-10-26/h1-5,8,16-17,22-23H,6-7,9-13,21H2,(H,24,25,28,29)/t16-,17?/m0/s1. The first-order valence-electron chi connectivity index (χ1n) is 10.2. The average molecular weight is 413 g/mol. The normalized spacial score (nSPS) is 22.0. The van der Waals surface area contributed by atoms with Gasteiger partial charge >= 0.3 is 11.7 Å². The van der Waals surface area contributed by atoms with Gasteiger partial charge in [-0.2, -0.15) is 4.98 Å². The molecule has 2 aromatic rings. The fourth-order valence-corrected chi connectivity index (χ4v) is 3.58. The second-order valence-corrected chi connectivity index (χ2v) is 7.38. The van der Waals surface area contributed by atoms with Gasteiger partial charge < -0.3 is 26.0 Å². The summed E-state index contributed by atoms with van der Waals surface area (Å²) >= 11 is 0. The zero-order chi connectivity index (χ0) is 20.9. The number of ether oxygens (including phenoxy) is 1. The molecule has 2 amide bonds. The van der Waals surface area contributed by atoms with Crippen LogP contribution in [0.2, 0.25) is 0 Å². The number of carbonyl (C=O) groups is 1. The molecule has 0 saturated carbocycles. The lowest BCUT2D eigenvalue weighted by molar-refractivity contribution is 0.00926. The monoisotopic (exact) mass is 413 g/mol. The number of hydrogen-bond donors (Lipinski definition) is 4. The third-order valence-corrected chi connectivity index (χ3v) is 5.37. The molecule has 4 rings (SSSR count). The Kier molecular flexibility index (Phi) is 6.38. The molecule has 5 N–H and O–H groups in total. The van der Waals surface area contributed by atoms with Crippen molar-refractivity contribution in [1.82, 2.24) is 25.1 Å². The van der Waals surface area contributed by atoms with Crippen molar-refractivity contribution >= 4 is 11.8 Å². The summed E-state index contributed by atoms with van der Waals surface area (Å²) in [6.07, 6.45) is 1.67. The quantitative estimate of drug-likeness (QED) is 0.540. The van der Waals surface area contributed by atoms with E-state index in [0.717, 1.165) is 18.7 Å². The van der Waals surface area contributed by atoms with E-state index < -0.39 is 5.69 Å². The van der Waals surface area contributed by atoms with Crippen LogP contribution in [0.4, 0.5) is 10.6 Å². The lowest BCUT2D eigenvalue weighted by Crippen LogP contribution is -2.48. The maximum absolute atomic E-state index is 12.5. The van der Waals surface area contributed by atoms with Gasteiger partial charge in [0.2, 0.25) is 0 Å². The molecule has 1 aromatic heterocycles. The number of aromatic nitrogens is 2. The molecule has 10 nitrogen and oxygen atoms in total. The molecule has 0 aliphatic carbocycles. The number of urea groups is 1. The Balaban J connectivity index is 1.41. The fourth-order valence-electron chi connectivity index (χ4n) is 3.58. The van der Waals surface area contributed by atoms with E-state index in [9.17, 15) is 9.59 Å². The topological polar surface area (TPSA) is 127 Å². The molecule has 160 valence electrons. The van der Waals surface area contributed by atoms with E-state index in [4.69, 9.17) is 10.5 Å². The summed E-state index contributed by atoms with van der Waals surface area (Å²) in [5.41, 5.74) is 6.96. The number of nitrogens with two attached hydrogens (primary N) is 1. The minimum atomic E-state index is -0.453. The van der Waals surface area contributed by atoms with E-state index in [1.807, 2.05) is 24.3 Å². The molecule has 2 aliphatic heterocycles. The van der Waals surface area contributed by atoms with E-state index in [2.05, 4.69) is 20.9 Å². The van der Waals surface area contributed by atoms with Crippen LogP contribution >= 0.6 is 0 Å². The molecule has 3 heterocycles. The number of nitrogens with one attached hydrogen (secondary N) is 3. The van der Waals surface area contributed by atoms with Crippen molar-refractivity contribution in [1.29, 1.82) is 0 Å². The molecule has 1 unspecified atom stereocenters.